The van der Waals surface area contributed by atoms with Gasteiger partial charge in [0.15, 0.2) is 0 Å². The van der Waals surface area contributed by atoms with E-state index in [9.17, 15) is 9.59 Å². The van der Waals surface area contributed by atoms with Crippen LogP contribution in [-0.2, 0) is 9.59 Å². The van der Waals surface area contributed by atoms with Crippen molar-refractivity contribution >= 4 is 11.8 Å². The Bertz CT molecular complexity index is 434. The van der Waals surface area contributed by atoms with Gasteiger partial charge in [0.1, 0.15) is 17.5 Å². The molecule has 2 amide bonds. The number of nitrogens with one attached hydrogen (secondary N) is 2. The molecule has 2 N–H and O–H groups in total. The highest BCUT2D eigenvalue weighted by molar-refractivity contribution is 5.94. The highest BCUT2D eigenvalue weighted by Gasteiger charge is 2.70. The molecular formula is C10H10N4O2. The van der Waals surface area contributed by atoms with Gasteiger partial charge in [0.2, 0.25) is 11.8 Å². The van der Waals surface area contributed by atoms with Crippen LogP contribution in [0.4, 0.5) is 0 Å². The fourth-order valence-corrected chi connectivity index (χ4v) is 2.61. The average Bonchev–Trinajstić information content (AvgIpc) is 2.46. The molecular weight excluding hydrogens is 208 g/mol. The summed E-state index contributed by atoms with van der Waals surface area (Å²) in [5.41, 5.74) is -2.04. The lowest BCUT2D eigenvalue weighted by atomic mass is 9.67. The van der Waals surface area contributed by atoms with Gasteiger partial charge in [-0.2, -0.15) is 10.5 Å². The lowest BCUT2D eigenvalue weighted by Gasteiger charge is -2.34. The van der Waals surface area contributed by atoms with Crippen LogP contribution >= 0.6 is 0 Å². The van der Waals surface area contributed by atoms with Crippen molar-refractivity contribution in [2.45, 2.75) is 19.5 Å². The van der Waals surface area contributed by atoms with Gasteiger partial charge in [-0.3, -0.25) is 9.59 Å². The van der Waals surface area contributed by atoms with Gasteiger partial charge in [0.05, 0.1) is 17.6 Å². The Labute approximate surface area is 92.2 Å². The van der Waals surface area contributed by atoms with Crippen LogP contribution in [0.15, 0.2) is 0 Å². The van der Waals surface area contributed by atoms with E-state index in [1.165, 1.54) is 0 Å². The molecule has 2 aliphatic rings. The Hall–Kier alpha value is -2.08. The molecule has 2 saturated heterocycles. The van der Waals surface area contributed by atoms with Crippen LogP contribution in [0.1, 0.15) is 13.8 Å². The topological polar surface area (TPSA) is 106 Å². The number of hydrogen-bond acceptors (Lipinski definition) is 4. The number of fused-ring (bicyclic) bond motifs is 1. The second-order valence-corrected chi connectivity index (χ2v) is 4.51. The molecule has 4 atom stereocenters. The summed E-state index contributed by atoms with van der Waals surface area (Å²) in [6, 6.07) is 3.76. The van der Waals surface area contributed by atoms with E-state index in [2.05, 4.69) is 10.6 Å². The molecule has 2 rings (SSSR count). The average molecular weight is 218 g/mol. The number of nitriles is 2. The van der Waals surface area contributed by atoms with E-state index in [-0.39, 0.29) is 0 Å². The molecule has 82 valence electrons. The molecule has 6 nitrogen and oxygen atoms in total. The molecule has 2 unspecified atom stereocenters. The van der Waals surface area contributed by atoms with E-state index < -0.39 is 34.7 Å². The summed E-state index contributed by atoms with van der Waals surface area (Å²) in [4.78, 5) is 23.2. The van der Waals surface area contributed by atoms with Crippen LogP contribution in [0.3, 0.4) is 0 Å². The number of hydrogen-bond donors (Lipinski definition) is 2. The first-order valence-corrected chi connectivity index (χ1v) is 4.84. The summed E-state index contributed by atoms with van der Waals surface area (Å²) in [5.74, 6) is -2.84. The summed E-state index contributed by atoms with van der Waals surface area (Å²) in [5, 5.41) is 23.2. The smallest absolute Gasteiger partial charge is 0.239 e. The molecule has 16 heavy (non-hydrogen) atoms. The largest absolute Gasteiger partial charge is 0.332 e. The molecule has 0 aliphatic carbocycles. The zero-order valence-electron chi connectivity index (χ0n) is 8.87. The van der Waals surface area contributed by atoms with Crippen molar-refractivity contribution in [2.24, 2.45) is 17.3 Å². The monoisotopic (exact) mass is 218 g/mol. The molecule has 0 saturated carbocycles. The first-order chi connectivity index (χ1) is 7.40. The highest BCUT2D eigenvalue weighted by Crippen LogP contribution is 2.51. The van der Waals surface area contributed by atoms with Crippen molar-refractivity contribution in [1.29, 1.82) is 10.5 Å². The molecule has 6 heteroatoms. The first kappa shape index (κ1) is 10.4. The molecule has 0 bridgehead atoms. The minimum atomic E-state index is -1.02. The van der Waals surface area contributed by atoms with Crippen molar-refractivity contribution in [3.05, 3.63) is 0 Å². The van der Waals surface area contributed by atoms with E-state index in [0.717, 1.165) is 0 Å². The molecule has 0 radical (unpaired) electrons. The number of rotatable bonds is 0. The van der Waals surface area contributed by atoms with Crippen molar-refractivity contribution in [1.82, 2.24) is 10.6 Å². The minimum absolute atomic E-state index is 0.437. The molecule has 0 aromatic rings. The normalized spacial score (nSPS) is 45.2. The van der Waals surface area contributed by atoms with E-state index in [1.807, 2.05) is 12.1 Å². The third-order valence-corrected chi connectivity index (χ3v) is 3.81. The van der Waals surface area contributed by atoms with E-state index in [4.69, 9.17) is 10.5 Å². The Morgan fingerprint density at radius 2 is 1.44 bits per heavy atom. The van der Waals surface area contributed by atoms with E-state index >= 15 is 0 Å². The van der Waals surface area contributed by atoms with Gasteiger partial charge in [-0.05, 0) is 6.92 Å². The predicted molar refractivity (Wildman–Crippen MR) is 51.0 cm³/mol. The zero-order chi connectivity index (χ0) is 12.1. The molecule has 2 fully saturated rings. The second kappa shape index (κ2) is 2.73. The van der Waals surface area contributed by atoms with Gasteiger partial charge in [0, 0.05) is 0 Å². The quantitative estimate of drug-likeness (QED) is 0.557. The maximum absolute atomic E-state index is 11.6. The SMILES string of the molecule is CC12NC(=O)[C@@H](C#N)C1(C)[C@@H](C#N)C(=O)N2. The van der Waals surface area contributed by atoms with Crippen LogP contribution in [0, 0.1) is 39.9 Å². The summed E-state index contributed by atoms with van der Waals surface area (Å²) >= 11 is 0. The van der Waals surface area contributed by atoms with Crippen LogP contribution < -0.4 is 10.6 Å². The number of carbonyl (C=O) groups is 2. The van der Waals surface area contributed by atoms with Gasteiger partial charge in [-0.25, -0.2) is 0 Å². The van der Waals surface area contributed by atoms with Crippen LogP contribution in [0.25, 0.3) is 0 Å². The fraction of sp³-hybridized carbons (Fsp3) is 0.600. The molecule has 0 aromatic heterocycles. The van der Waals surface area contributed by atoms with Crippen molar-refractivity contribution in [3.8, 4) is 12.1 Å². The van der Waals surface area contributed by atoms with Gasteiger partial charge >= 0.3 is 0 Å². The Balaban J connectivity index is 2.61. The Morgan fingerprint density at radius 3 is 1.75 bits per heavy atom. The van der Waals surface area contributed by atoms with Gasteiger partial charge in [-0.1, -0.05) is 6.92 Å². The first-order valence-electron chi connectivity index (χ1n) is 4.84. The van der Waals surface area contributed by atoms with Crippen LogP contribution in [-0.4, -0.2) is 17.5 Å². The Kier molecular flexibility index (Phi) is 1.78. The van der Waals surface area contributed by atoms with E-state index in [0.29, 0.717) is 0 Å². The number of amides is 2. The van der Waals surface area contributed by atoms with Crippen molar-refractivity contribution < 1.29 is 9.59 Å². The summed E-state index contributed by atoms with van der Waals surface area (Å²) in [6.45, 7) is 3.24. The third kappa shape index (κ3) is 0.849. The van der Waals surface area contributed by atoms with Crippen molar-refractivity contribution in [2.75, 3.05) is 0 Å². The number of nitrogens with zero attached hydrogens (tertiary/aromatic N) is 2. The zero-order valence-corrected chi connectivity index (χ0v) is 8.87. The minimum Gasteiger partial charge on any atom is -0.332 e. The maximum Gasteiger partial charge on any atom is 0.239 e. The molecule has 2 heterocycles. The third-order valence-electron chi connectivity index (χ3n) is 3.81. The van der Waals surface area contributed by atoms with Gasteiger partial charge in [0.25, 0.3) is 0 Å². The standard InChI is InChI=1S/C10H10N4O2/c1-9-5(3-11)7(15)13-10(9,2)14-8(16)6(9)4-12/h5-6H,1-2H3,(H,13,15)(H,14,16)/t5-,6+,9?,10?. The fourth-order valence-electron chi connectivity index (χ4n) is 2.61. The molecule has 0 spiro atoms. The lowest BCUT2D eigenvalue weighted by molar-refractivity contribution is -0.125. The van der Waals surface area contributed by atoms with E-state index in [1.54, 1.807) is 13.8 Å². The second-order valence-electron chi connectivity index (χ2n) is 4.51. The Morgan fingerprint density at radius 1 is 1.06 bits per heavy atom. The highest BCUT2D eigenvalue weighted by atomic mass is 16.2. The molecule has 0 aromatic carbocycles. The number of carbonyl (C=O) groups excluding carboxylic acids is 2. The van der Waals surface area contributed by atoms with Crippen molar-refractivity contribution in [3.63, 3.8) is 0 Å². The van der Waals surface area contributed by atoms with Gasteiger partial charge in [-0.15, -0.1) is 0 Å². The van der Waals surface area contributed by atoms with Crippen LogP contribution in [0.2, 0.25) is 0 Å². The van der Waals surface area contributed by atoms with Crippen LogP contribution in [0.5, 0.6) is 0 Å². The molecule has 2 aliphatic heterocycles. The maximum atomic E-state index is 11.6. The van der Waals surface area contributed by atoms with Gasteiger partial charge < -0.3 is 10.6 Å². The summed E-state index contributed by atoms with van der Waals surface area (Å²) in [7, 11) is 0. The summed E-state index contributed by atoms with van der Waals surface area (Å²) < 4.78 is 0. The lowest BCUT2D eigenvalue weighted by Crippen LogP contribution is -2.55. The predicted octanol–water partition coefficient (Wildman–Crippen LogP) is -0.752. The summed E-state index contributed by atoms with van der Waals surface area (Å²) in [6.07, 6.45) is 0.